The number of carboxylic acid groups (broad SMARTS) is 2. The number of rotatable bonds is 7. The topological polar surface area (TPSA) is 110 Å². The Bertz CT molecular complexity index is 989. The number of nitrogens with one attached hydrogen (secondary N) is 1. The summed E-state index contributed by atoms with van der Waals surface area (Å²) < 4.78 is 63.5. The summed E-state index contributed by atoms with van der Waals surface area (Å²) in [5, 5.41) is 27.8. The van der Waals surface area contributed by atoms with Gasteiger partial charge in [0.1, 0.15) is 0 Å². The number of likely N-dealkylation sites (tertiary alicyclic amines) is 1. The quantitative estimate of drug-likeness (QED) is 0.314. The van der Waals surface area contributed by atoms with E-state index in [0.717, 1.165) is 24.9 Å². The van der Waals surface area contributed by atoms with Crippen LogP contribution in [0.3, 0.4) is 0 Å². The Kier molecular flexibility index (Phi) is 12.2. The summed E-state index contributed by atoms with van der Waals surface area (Å²) in [6, 6.07) is 12.2. The zero-order valence-corrected chi connectivity index (χ0v) is 23.0. The molecule has 1 saturated heterocycles. The lowest BCUT2D eigenvalue weighted by atomic mass is 9.60. The zero-order chi connectivity index (χ0) is 31.0. The molecule has 3 aliphatic rings. The van der Waals surface area contributed by atoms with E-state index in [1.54, 1.807) is 5.57 Å². The van der Waals surface area contributed by atoms with Crippen LogP contribution in [-0.2, 0) is 9.59 Å². The smallest absolute Gasteiger partial charge is 0.475 e. The van der Waals surface area contributed by atoms with Crippen molar-refractivity contribution in [2.75, 3.05) is 19.6 Å². The van der Waals surface area contributed by atoms with Crippen molar-refractivity contribution in [2.45, 2.75) is 82.9 Å². The molecule has 2 saturated carbocycles. The summed E-state index contributed by atoms with van der Waals surface area (Å²) >= 11 is 0. The minimum absolute atomic E-state index is 0.196. The third kappa shape index (κ3) is 11.6. The fourth-order valence-corrected chi connectivity index (χ4v) is 5.42. The predicted octanol–water partition coefficient (Wildman–Crippen LogP) is 5.35. The second kappa shape index (κ2) is 14.5. The van der Waals surface area contributed by atoms with Crippen molar-refractivity contribution in [3.8, 4) is 0 Å². The van der Waals surface area contributed by atoms with Crippen LogP contribution in [0.5, 0.6) is 0 Å². The molecular formula is C28H38F6N2O5. The summed E-state index contributed by atoms with van der Waals surface area (Å²) in [5.41, 5.74) is 3.55. The van der Waals surface area contributed by atoms with Gasteiger partial charge in [0.15, 0.2) is 0 Å². The van der Waals surface area contributed by atoms with Gasteiger partial charge < -0.3 is 25.5 Å². The van der Waals surface area contributed by atoms with Crippen molar-refractivity contribution in [3.05, 3.63) is 41.5 Å². The third-order valence-corrected chi connectivity index (χ3v) is 7.56. The summed E-state index contributed by atoms with van der Waals surface area (Å²) in [6.07, 6.45) is -0.111. The number of halogens is 6. The van der Waals surface area contributed by atoms with Gasteiger partial charge in [-0.05, 0) is 75.4 Å². The molecule has 0 bridgehead atoms. The van der Waals surface area contributed by atoms with Crippen molar-refractivity contribution in [3.63, 3.8) is 0 Å². The van der Waals surface area contributed by atoms with Gasteiger partial charge in [0.2, 0.25) is 0 Å². The van der Waals surface area contributed by atoms with Gasteiger partial charge in [-0.3, -0.25) is 0 Å². The van der Waals surface area contributed by atoms with Crippen LogP contribution in [0.15, 0.2) is 35.9 Å². The van der Waals surface area contributed by atoms with Crippen molar-refractivity contribution >= 4 is 18.0 Å². The Morgan fingerprint density at radius 3 is 1.93 bits per heavy atom. The van der Waals surface area contributed by atoms with Crippen molar-refractivity contribution in [1.29, 1.82) is 0 Å². The Balaban J connectivity index is 0.000000349. The van der Waals surface area contributed by atoms with Crippen LogP contribution < -0.4 is 5.32 Å². The third-order valence-electron chi connectivity index (χ3n) is 7.56. The highest BCUT2D eigenvalue weighted by molar-refractivity contribution is 5.73. The number of aliphatic hydroxyl groups is 1. The number of hydrogen-bond donors (Lipinski definition) is 4. The summed E-state index contributed by atoms with van der Waals surface area (Å²) in [5.74, 6) is -4.76. The molecule has 1 aromatic rings. The number of carboxylic acids is 2. The first kappa shape index (κ1) is 34.6. The first-order valence-electron chi connectivity index (χ1n) is 13.5. The molecule has 3 fully saturated rings. The largest absolute Gasteiger partial charge is 0.490 e. The highest BCUT2D eigenvalue weighted by atomic mass is 19.4. The Morgan fingerprint density at radius 2 is 1.51 bits per heavy atom. The lowest BCUT2D eigenvalue weighted by Gasteiger charge is -2.53. The number of piperidine rings is 1. The minimum Gasteiger partial charge on any atom is -0.475 e. The maximum Gasteiger partial charge on any atom is 0.490 e. The Labute approximate surface area is 235 Å². The van der Waals surface area contributed by atoms with Crippen LogP contribution in [-0.4, -0.2) is 82.3 Å². The molecule has 0 aromatic heterocycles. The van der Waals surface area contributed by atoms with Gasteiger partial charge >= 0.3 is 24.3 Å². The molecule has 1 aliphatic heterocycles. The molecular weight excluding hydrogens is 558 g/mol. The van der Waals surface area contributed by atoms with Crippen LogP contribution in [0, 0.1) is 11.3 Å². The standard InChI is InChI=1S/C24H36N2O.2C2HF3O2/c1-3-20(13-19-7-5-4-6-8-19)22-14-23(22)25-21-15-24(16-21)9-11-26(12-10-24)17-18(2)27;2*3-2(4,5)1(6)7/h4-8,13,18,21-23,25,27H,3,9-12,14-17H2,1-2H3;2*(H,6,7)/b20-13+;;/t18-,22-,23+;;/m1../s1. The second-order valence-electron chi connectivity index (χ2n) is 11.0. The molecule has 0 amide bonds. The molecule has 1 spiro atoms. The van der Waals surface area contributed by atoms with Gasteiger partial charge in [0, 0.05) is 18.6 Å². The van der Waals surface area contributed by atoms with Crippen molar-refractivity contribution < 1.29 is 51.3 Å². The summed E-state index contributed by atoms with van der Waals surface area (Å²) in [7, 11) is 0. The van der Waals surface area contributed by atoms with E-state index in [1.165, 1.54) is 50.8 Å². The normalized spacial score (nSPS) is 23.3. The van der Waals surface area contributed by atoms with E-state index in [-0.39, 0.29) is 6.10 Å². The summed E-state index contributed by atoms with van der Waals surface area (Å²) in [4.78, 5) is 20.2. The van der Waals surface area contributed by atoms with Crippen LogP contribution in [0.1, 0.15) is 57.9 Å². The van der Waals surface area contributed by atoms with Crippen LogP contribution >= 0.6 is 0 Å². The molecule has 41 heavy (non-hydrogen) atoms. The van der Waals surface area contributed by atoms with Gasteiger partial charge in [0.25, 0.3) is 0 Å². The summed E-state index contributed by atoms with van der Waals surface area (Å²) in [6.45, 7) is 7.38. The van der Waals surface area contributed by atoms with E-state index >= 15 is 0 Å². The second-order valence-corrected chi connectivity index (χ2v) is 11.0. The van der Waals surface area contributed by atoms with E-state index in [1.807, 2.05) is 6.92 Å². The molecule has 0 radical (unpaired) electrons. The Hall–Kier alpha value is -2.64. The first-order chi connectivity index (χ1) is 19.0. The molecule has 2 aliphatic carbocycles. The number of hydrogen-bond acceptors (Lipinski definition) is 5. The molecule has 0 unspecified atom stereocenters. The monoisotopic (exact) mass is 596 g/mol. The van der Waals surface area contributed by atoms with Crippen LogP contribution in [0.2, 0.25) is 0 Å². The number of aliphatic carboxylic acids is 2. The van der Waals surface area contributed by atoms with Crippen LogP contribution in [0.25, 0.3) is 6.08 Å². The van der Waals surface area contributed by atoms with E-state index in [0.29, 0.717) is 11.5 Å². The van der Waals surface area contributed by atoms with E-state index in [2.05, 4.69) is 53.5 Å². The van der Waals surface area contributed by atoms with Gasteiger partial charge in [-0.1, -0.05) is 48.9 Å². The highest BCUT2D eigenvalue weighted by Gasteiger charge is 2.49. The molecule has 7 nitrogen and oxygen atoms in total. The lowest BCUT2D eigenvalue weighted by molar-refractivity contribution is -0.193. The van der Waals surface area contributed by atoms with Crippen molar-refractivity contribution in [2.24, 2.45) is 11.3 Å². The molecule has 3 atom stereocenters. The number of benzene rings is 1. The molecule has 232 valence electrons. The number of nitrogens with zero attached hydrogens (tertiary/aromatic N) is 1. The highest BCUT2D eigenvalue weighted by Crippen LogP contribution is 2.51. The van der Waals surface area contributed by atoms with Gasteiger partial charge in [0.05, 0.1) is 6.10 Å². The number of alkyl halides is 6. The first-order valence-corrected chi connectivity index (χ1v) is 13.5. The average molecular weight is 597 g/mol. The number of carbonyl (C=O) groups is 2. The maximum atomic E-state index is 10.6. The van der Waals surface area contributed by atoms with Gasteiger partial charge in [-0.15, -0.1) is 0 Å². The Morgan fingerprint density at radius 1 is 1.02 bits per heavy atom. The molecule has 4 rings (SSSR count). The fraction of sp³-hybridized carbons (Fsp3) is 0.643. The fourth-order valence-electron chi connectivity index (χ4n) is 5.42. The predicted molar refractivity (Wildman–Crippen MR) is 140 cm³/mol. The van der Waals surface area contributed by atoms with E-state index < -0.39 is 24.3 Å². The SMILES string of the molecule is CC/C(=C\c1ccccc1)[C@H]1C[C@@H]1NC1CC2(CCN(C[C@@H](C)O)CC2)C1.O=C(O)C(F)(F)F.O=C(O)C(F)(F)F. The van der Waals surface area contributed by atoms with Gasteiger partial charge in [-0.25, -0.2) is 9.59 Å². The minimum atomic E-state index is -5.08. The van der Waals surface area contributed by atoms with Gasteiger partial charge in [-0.2, -0.15) is 26.3 Å². The molecule has 13 heteroatoms. The molecule has 1 heterocycles. The molecule has 1 aromatic carbocycles. The average Bonchev–Trinajstić information content (AvgIpc) is 3.61. The van der Waals surface area contributed by atoms with Crippen LogP contribution in [0.4, 0.5) is 26.3 Å². The van der Waals surface area contributed by atoms with E-state index in [4.69, 9.17) is 19.8 Å². The maximum absolute atomic E-state index is 10.6. The van der Waals surface area contributed by atoms with E-state index in [9.17, 15) is 31.4 Å². The number of aliphatic hydroxyl groups excluding tert-OH is 1. The molecule has 4 N–H and O–H groups in total. The lowest BCUT2D eigenvalue weighted by Crippen LogP contribution is -2.54. The van der Waals surface area contributed by atoms with Crippen molar-refractivity contribution in [1.82, 2.24) is 10.2 Å². The zero-order valence-electron chi connectivity index (χ0n) is 23.0. The number of β-amino-alcohol motifs (C(OH)–C–C–N with tert-alkyl or cyclic N) is 1.